The summed E-state index contributed by atoms with van der Waals surface area (Å²) in [6.45, 7) is 0. The van der Waals surface area contributed by atoms with E-state index in [9.17, 15) is 4.79 Å². The van der Waals surface area contributed by atoms with Crippen molar-refractivity contribution in [1.82, 2.24) is 0 Å². The second-order valence-electron chi connectivity index (χ2n) is 2.42. The van der Waals surface area contributed by atoms with Crippen LogP contribution in [0.1, 0.15) is 12.8 Å². The van der Waals surface area contributed by atoms with Crippen LogP contribution in [0.25, 0.3) is 0 Å². The summed E-state index contributed by atoms with van der Waals surface area (Å²) in [5.41, 5.74) is 6.28. The Bertz CT molecular complexity index is 179. The van der Waals surface area contributed by atoms with E-state index in [4.69, 9.17) is 5.73 Å². The summed E-state index contributed by atoms with van der Waals surface area (Å²) in [4.78, 5) is 10.8. The Balaban J connectivity index is 0.000001000. The standard InChI is InChI=1S/C7H11NO2.ClH/c1-10-7(9)5-2-3-6(8)4-5;/h2,6H,3-4,8H2,1H3;1H. The lowest BCUT2D eigenvalue weighted by molar-refractivity contribution is -0.136. The Labute approximate surface area is 72.0 Å². The fourth-order valence-electron chi connectivity index (χ4n) is 1.04. The molecular formula is C7H12ClNO2. The van der Waals surface area contributed by atoms with Crippen LogP contribution in [0.15, 0.2) is 11.6 Å². The maximum atomic E-state index is 10.8. The zero-order valence-electron chi connectivity index (χ0n) is 6.37. The van der Waals surface area contributed by atoms with Gasteiger partial charge in [-0.25, -0.2) is 4.79 Å². The van der Waals surface area contributed by atoms with E-state index in [1.54, 1.807) is 0 Å². The molecule has 1 aliphatic rings. The number of methoxy groups -OCH3 is 1. The smallest absolute Gasteiger partial charge is 0.333 e. The molecular weight excluding hydrogens is 166 g/mol. The van der Waals surface area contributed by atoms with Crippen LogP contribution in [0.3, 0.4) is 0 Å². The van der Waals surface area contributed by atoms with Crippen LogP contribution in [0.2, 0.25) is 0 Å². The normalized spacial score (nSPS) is 22.0. The van der Waals surface area contributed by atoms with Crippen molar-refractivity contribution in [2.24, 2.45) is 5.73 Å². The molecule has 1 unspecified atom stereocenters. The maximum absolute atomic E-state index is 10.8. The van der Waals surface area contributed by atoms with Gasteiger partial charge in [-0.1, -0.05) is 6.08 Å². The quantitative estimate of drug-likeness (QED) is 0.598. The van der Waals surface area contributed by atoms with Gasteiger partial charge in [-0.3, -0.25) is 0 Å². The Hall–Kier alpha value is -0.540. The molecule has 0 saturated heterocycles. The Morgan fingerprint density at radius 1 is 1.82 bits per heavy atom. The topological polar surface area (TPSA) is 52.3 Å². The summed E-state index contributed by atoms with van der Waals surface area (Å²) in [5, 5.41) is 0. The number of carbonyl (C=O) groups excluding carboxylic acids is 1. The van der Waals surface area contributed by atoms with E-state index in [0.717, 1.165) is 12.0 Å². The fourth-order valence-corrected chi connectivity index (χ4v) is 1.04. The van der Waals surface area contributed by atoms with Crippen LogP contribution < -0.4 is 5.73 Å². The average molecular weight is 178 g/mol. The zero-order chi connectivity index (χ0) is 7.56. The van der Waals surface area contributed by atoms with E-state index >= 15 is 0 Å². The first-order chi connectivity index (χ1) is 4.74. The molecule has 0 aromatic heterocycles. The van der Waals surface area contributed by atoms with Gasteiger partial charge in [0.15, 0.2) is 0 Å². The Morgan fingerprint density at radius 2 is 2.45 bits per heavy atom. The van der Waals surface area contributed by atoms with Gasteiger partial charge in [0.25, 0.3) is 0 Å². The summed E-state index contributed by atoms with van der Waals surface area (Å²) < 4.78 is 4.52. The van der Waals surface area contributed by atoms with Crippen molar-refractivity contribution in [3.63, 3.8) is 0 Å². The third kappa shape index (κ3) is 2.52. The second kappa shape index (κ2) is 4.36. The minimum Gasteiger partial charge on any atom is -0.466 e. The lowest BCUT2D eigenvalue weighted by Gasteiger charge is -2.00. The molecule has 3 nitrogen and oxygen atoms in total. The first-order valence-electron chi connectivity index (χ1n) is 3.27. The van der Waals surface area contributed by atoms with Crippen molar-refractivity contribution in [3.05, 3.63) is 11.6 Å². The van der Waals surface area contributed by atoms with Gasteiger partial charge in [0.1, 0.15) is 0 Å². The number of nitrogens with two attached hydrogens (primary N) is 1. The van der Waals surface area contributed by atoms with E-state index in [0.29, 0.717) is 6.42 Å². The minimum absolute atomic E-state index is 0. The Kier molecular flexibility index (Phi) is 4.15. The number of esters is 1. The van der Waals surface area contributed by atoms with Crippen molar-refractivity contribution in [1.29, 1.82) is 0 Å². The van der Waals surface area contributed by atoms with Crippen molar-refractivity contribution in [2.75, 3.05) is 7.11 Å². The number of rotatable bonds is 1. The van der Waals surface area contributed by atoms with Crippen LogP contribution in [0.5, 0.6) is 0 Å². The van der Waals surface area contributed by atoms with Crippen molar-refractivity contribution < 1.29 is 9.53 Å². The summed E-state index contributed by atoms with van der Waals surface area (Å²) in [7, 11) is 1.38. The highest BCUT2D eigenvalue weighted by Crippen LogP contribution is 2.17. The van der Waals surface area contributed by atoms with E-state index in [1.807, 2.05) is 6.08 Å². The lowest BCUT2D eigenvalue weighted by Crippen LogP contribution is -2.16. The van der Waals surface area contributed by atoms with Gasteiger partial charge in [-0.2, -0.15) is 0 Å². The molecule has 0 aromatic carbocycles. The third-order valence-electron chi connectivity index (χ3n) is 1.60. The molecule has 0 fully saturated rings. The van der Waals surface area contributed by atoms with Crippen molar-refractivity contribution in [3.8, 4) is 0 Å². The molecule has 1 rings (SSSR count). The molecule has 0 bridgehead atoms. The highest BCUT2D eigenvalue weighted by Gasteiger charge is 2.18. The molecule has 64 valence electrons. The highest BCUT2D eigenvalue weighted by atomic mass is 35.5. The number of halogens is 1. The van der Waals surface area contributed by atoms with Crippen LogP contribution in [0, 0.1) is 0 Å². The number of hydrogen-bond donors (Lipinski definition) is 1. The monoisotopic (exact) mass is 177 g/mol. The molecule has 0 amide bonds. The van der Waals surface area contributed by atoms with Gasteiger partial charge in [0, 0.05) is 11.6 Å². The Morgan fingerprint density at radius 3 is 2.82 bits per heavy atom. The summed E-state index contributed by atoms with van der Waals surface area (Å²) >= 11 is 0. The molecule has 2 N–H and O–H groups in total. The van der Waals surface area contributed by atoms with Gasteiger partial charge in [-0.05, 0) is 12.8 Å². The molecule has 0 saturated carbocycles. The van der Waals surface area contributed by atoms with Crippen LogP contribution in [0.4, 0.5) is 0 Å². The molecule has 0 heterocycles. The third-order valence-corrected chi connectivity index (χ3v) is 1.60. The van der Waals surface area contributed by atoms with Crippen LogP contribution >= 0.6 is 12.4 Å². The van der Waals surface area contributed by atoms with Crippen LogP contribution in [-0.4, -0.2) is 19.1 Å². The molecule has 0 radical (unpaired) electrons. The summed E-state index contributed by atoms with van der Waals surface area (Å²) in [5.74, 6) is -0.243. The first kappa shape index (κ1) is 10.5. The zero-order valence-corrected chi connectivity index (χ0v) is 7.19. The lowest BCUT2D eigenvalue weighted by atomic mass is 10.2. The average Bonchev–Trinajstić information content (AvgIpc) is 2.34. The SMILES string of the molecule is COC(=O)C1=CCC(N)C1.Cl. The first-order valence-corrected chi connectivity index (χ1v) is 3.27. The van der Waals surface area contributed by atoms with Crippen molar-refractivity contribution in [2.45, 2.75) is 18.9 Å². The number of ether oxygens (including phenoxy) is 1. The van der Waals surface area contributed by atoms with Crippen molar-refractivity contribution >= 4 is 18.4 Å². The van der Waals surface area contributed by atoms with E-state index in [-0.39, 0.29) is 24.4 Å². The molecule has 0 spiro atoms. The predicted octanol–water partition coefficient (Wildman–Crippen LogP) is 0.629. The van der Waals surface area contributed by atoms with E-state index in [2.05, 4.69) is 4.74 Å². The van der Waals surface area contributed by atoms with Gasteiger partial charge in [-0.15, -0.1) is 12.4 Å². The largest absolute Gasteiger partial charge is 0.466 e. The fraction of sp³-hybridized carbons (Fsp3) is 0.571. The molecule has 1 aliphatic carbocycles. The second-order valence-corrected chi connectivity index (χ2v) is 2.42. The van der Waals surface area contributed by atoms with E-state index < -0.39 is 0 Å². The summed E-state index contributed by atoms with van der Waals surface area (Å²) in [6, 6.07) is 0.120. The van der Waals surface area contributed by atoms with Gasteiger partial charge in [0.05, 0.1) is 7.11 Å². The predicted molar refractivity (Wildman–Crippen MR) is 44.6 cm³/mol. The summed E-state index contributed by atoms with van der Waals surface area (Å²) in [6.07, 6.45) is 3.30. The maximum Gasteiger partial charge on any atom is 0.333 e. The molecule has 0 aromatic rings. The number of hydrogen-bond acceptors (Lipinski definition) is 3. The number of carbonyl (C=O) groups is 1. The molecule has 11 heavy (non-hydrogen) atoms. The van der Waals surface area contributed by atoms with Gasteiger partial charge >= 0.3 is 5.97 Å². The van der Waals surface area contributed by atoms with Gasteiger partial charge < -0.3 is 10.5 Å². The van der Waals surface area contributed by atoms with E-state index in [1.165, 1.54) is 7.11 Å². The minimum atomic E-state index is -0.243. The highest BCUT2D eigenvalue weighted by molar-refractivity contribution is 5.88. The molecule has 4 heteroatoms. The van der Waals surface area contributed by atoms with Crippen LogP contribution in [-0.2, 0) is 9.53 Å². The molecule has 1 atom stereocenters. The van der Waals surface area contributed by atoms with Gasteiger partial charge in [0.2, 0.25) is 0 Å². The molecule has 0 aliphatic heterocycles.